The van der Waals surface area contributed by atoms with E-state index in [-0.39, 0.29) is 0 Å². The normalized spacial score (nSPS) is 12.2. The molecule has 12 rings (SSSR count). The van der Waals surface area contributed by atoms with Crippen molar-refractivity contribution in [2.75, 3.05) is 0 Å². The van der Waals surface area contributed by atoms with Crippen LogP contribution in [0.5, 0.6) is 0 Å². The Hall–Kier alpha value is -6.90. The van der Waals surface area contributed by atoms with Crippen LogP contribution < -0.4 is 0 Å². The second kappa shape index (κ2) is 10.3. The third-order valence-electron chi connectivity index (χ3n) is 11.2. The smallest absolute Gasteiger partial charge is 0.178 e. The summed E-state index contributed by atoms with van der Waals surface area (Å²) in [5, 5.41) is 17.0. The first-order valence-electron chi connectivity index (χ1n) is 17.8. The fraction of sp³-hybridized carbons (Fsp3) is 0. The maximum Gasteiger partial charge on any atom is 0.178 e. The number of rotatable bonds is 2. The summed E-state index contributed by atoms with van der Waals surface area (Å²) in [6, 6.07) is 61.6. The monoisotopic (exact) mass is 660 g/mol. The lowest BCUT2D eigenvalue weighted by Gasteiger charge is -2.18. The van der Waals surface area contributed by atoms with Crippen molar-refractivity contribution in [2.24, 2.45) is 0 Å². The van der Waals surface area contributed by atoms with E-state index in [1.807, 2.05) is 12.1 Å². The molecule has 0 saturated carbocycles. The van der Waals surface area contributed by atoms with Crippen LogP contribution in [0.2, 0.25) is 0 Å². The van der Waals surface area contributed by atoms with Crippen molar-refractivity contribution in [1.29, 1.82) is 0 Å². The summed E-state index contributed by atoms with van der Waals surface area (Å²) in [6.07, 6.45) is 0. The minimum atomic E-state index is 0.794. The van der Waals surface area contributed by atoms with Gasteiger partial charge in [0.25, 0.3) is 0 Å². The van der Waals surface area contributed by atoms with Gasteiger partial charge in [0, 0.05) is 21.5 Å². The Labute approximate surface area is 297 Å². The summed E-state index contributed by atoms with van der Waals surface area (Å²) in [7, 11) is 0. The molecule has 240 valence electrons. The molecule has 52 heavy (non-hydrogen) atoms. The predicted molar refractivity (Wildman–Crippen MR) is 219 cm³/mol. The highest BCUT2D eigenvalue weighted by Crippen LogP contribution is 2.47. The minimum Gasteiger partial charge on any atom is -0.452 e. The molecule has 0 aliphatic carbocycles. The number of hydrogen-bond donors (Lipinski definition) is 0. The Bertz CT molecular complexity index is 3380. The average molecular weight is 661 g/mol. The average Bonchev–Trinajstić information content (AvgIpc) is 3.78. The zero-order valence-electron chi connectivity index (χ0n) is 28.0. The van der Waals surface area contributed by atoms with E-state index >= 15 is 0 Å². The van der Waals surface area contributed by atoms with E-state index in [1.165, 1.54) is 70.6 Å². The van der Waals surface area contributed by atoms with Crippen molar-refractivity contribution in [3.63, 3.8) is 0 Å². The highest BCUT2D eigenvalue weighted by Gasteiger charge is 2.20. The lowest BCUT2D eigenvalue weighted by atomic mass is 9.84. The molecule has 0 aliphatic heterocycles. The van der Waals surface area contributed by atoms with E-state index in [4.69, 9.17) is 8.83 Å². The molecule has 0 N–H and O–H groups in total. The van der Waals surface area contributed by atoms with Gasteiger partial charge in [-0.05, 0) is 113 Å². The lowest BCUT2D eigenvalue weighted by Crippen LogP contribution is -1.91. The molecule has 0 bridgehead atoms. The van der Waals surface area contributed by atoms with Gasteiger partial charge in [-0.3, -0.25) is 0 Å². The van der Waals surface area contributed by atoms with Gasteiger partial charge in [0.05, 0.1) is 0 Å². The summed E-state index contributed by atoms with van der Waals surface area (Å²) in [5.74, 6) is 0. The fourth-order valence-electron chi connectivity index (χ4n) is 8.99. The van der Waals surface area contributed by atoms with Gasteiger partial charge in [-0.1, -0.05) is 133 Å². The van der Waals surface area contributed by atoms with Crippen LogP contribution in [0.15, 0.2) is 179 Å². The third kappa shape index (κ3) is 3.73. The summed E-state index contributed by atoms with van der Waals surface area (Å²) < 4.78 is 12.9. The number of furan rings is 2. The second-order valence-corrected chi connectivity index (χ2v) is 13.9. The Morgan fingerprint density at radius 1 is 0.231 bits per heavy atom. The molecule has 2 heteroatoms. The van der Waals surface area contributed by atoms with Crippen molar-refractivity contribution in [1.82, 2.24) is 0 Å². The van der Waals surface area contributed by atoms with Gasteiger partial charge in [0.1, 0.15) is 11.2 Å². The molecule has 0 aliphatic rings. The second-order valence-electron chi connectivity index (χ2n) is 13.9. The molecule has 0 atom stereocenters. The maximum absolute atomic E-state index is 6.54. The topological polar surface area (TPSA) is 26.3 Å². The Morgan fingerprint density at radius 3 is 1.12 bits per heavy atom. The zero-order valence-corrected chi connectivity index (χ0v) is 28.0. The largest absolute Gasteiger partial charge is 0.452 e. The molecule has 0 amide bonds. The fourth-order valence-corrected chi connectivity index (χ4v) is 8.99. The van der Waals surface area contributed by atoms with Gasteiger partial charge in [-0.2, -0.15) is 0 Å². The summed E-state index contributed by atoms with van der Waals surface area (Å²) in [5.41, 5.74) is 8.19. The first kappa shape index (κ1) is 27.9. The first-order chi connectivity index (χ1) is 25.8. The van der Waals surface area contributed by atoms with Crippen molar-refractivity contribution < 1.29 is 8.83 Å². The zero-order chi connectivity index (χ0) is 33.9. The number of fused-ring (bicyclic) bond motifs is 15. The van der Waals surface area contributed by atoms with Crippen LogP contribution in [-0.4, -0.2) is 0 Å². The van der Waals surface area contributed by atoms with Crippen molar-refractivity contribution in [3.8, 4) is 22.3 Å². The Morgan fingerprint density at radius 2 is 0.577 bits per heavy atom. The van der Waals surface area contributed by atoms with Crippen LogP contribution in [0, 0.1) is 0 Å². The maximum atomic E-state index is 6.54. The minimum absolute atomic E-state index is 0.794. The van der Waals surface area contributed by atoms with Crippen molar-refractivity contribution in [3.05, 3.63) is 170 Å². The van der Waals surface area contributed by atoms with Crippen LogP contribution in [0.1, 0.15) is 0 Å². The van der Waals surface area contributed by atoms with Gasteiger partial charge in [0.15, 0.2) is 11.2 Å². The number of benzene rings is 10. The predicted octanol–water partition coefficient (Wildman–Crippen LogP) is 14.6. The highest BCUT2D eigenvalue weighted by atomic mass is 16.4. The van der Waals surface area contributed by atoms with Crippen LogP contribution in [-0.2, 0) is 0 Å². The van der Waals surface area contributed by atoms with E-state index in [0.29, 0.717) is 0 Å². The molecular weight excluding hydrogens is 633 g/mol. The molecule has 2 heterocycles. The van der Waals surface area contributed by atoms with E-state index < -0.39 is 0 Å². The van der Waals surface area contributed by atoms with Gasteiger partial charge in [0.2, 0.25) is 0 Å². The van der Waals surface area contributed by atoms with Crippen LogP contribution in [0.4, 0.5) is 0 Å². The molecule has 10 aromatic carbocycles. The number of hydrogen-bond acceptors (Lipinski definition) is 2. The molecule has 0 saturated heterocycles. The first-order valence-corrected chi connectivity index (χ1v) is 17.8. The molecule has 0 fully saturated rings. The summed E-state index contributed by atoms with van der Waals surface area (Å²) in [6.45, 7) is 0. The van der Waals surface area contributed by atoms with Gasteiger partial charge >= 0.3 is 0 Å². The summed E-state index contributed by atoms with van der Waals surface area (Å²) >= 11 is 0. The Kier molecular flexibility index (Phi) is 5.53. The Balaban J connectivity index is 1.13. The van der Waals surface area contributed by atoms with Gasteiger partial charge in [-0.25, -0.2) is 0 Å². The molecule has 2 nitrogen and oxygen atoms in total. The van der Waals surface area contributed by atoms with Crippen molar-refractivity contribution >= 4 is 97.7 Å². The third-order valence-corrected chi connectivity index (χ3v) is 11.2. The van der Waals surface area contributed by atoms with E-state index in [1.54, 1.807) is 0 Å². The highest BCUT2D eigenvalue weighted by molar-refractivity contribution is 6.28. The summed E-state index contributed by atoms with van der Waals surface area (Å²) in [4.78, 5) is 0. The molecule has 12 aromatic rings. The van der Waals surface area contributed by atoms with E-state index in [9.17, 15) is 0 Å². The molecule has 0 spiro atoms. The SMILES string of the molecule is c1ccc2c(c1)oc1c2ccc2c3cc(-c4c5ccccc5c(-c5ccc6c7ccccc7c7ccccc7c6c5)c5ccccc45)ccc3oc21. The van der Waals surface area contributed by atoms with Gasteiger partial charge < -0.3 is 8.83 Å². The molecule has 0 radical (unpaired) electrons. The number of para-hydroxylation sites is 1. The quantitative estimate of drug-likeness (QED) is 0.136. The van der Waals surface area contributed by atoms with E-state index in [2.05, 4.69) is 158 Å². The standard InChI is InChI=1S/C50H28O2/c1-2-13-33-31(11-1)32-12-3-4-14-34(32)43-27-29(21-23-35(33)43)47-37-16-5-7-18-39(37)48(40-19-8-6-17-38(40)47)30-22-26-46-44(28-30)42-25-24-41-36-15-9-10-20-45(36)51-49(41)50(42)52-46/h1-28H. The molecular formula is C50H28O2. The lowest BCUT2D eigenvalue weighted by molar-refractivity contribution is 0.633. The van der Waals surface area contributed by atoms with Crippen LogP contribution in [0.3, 0.4) is 0 Å². The molecule has 0 unspecified atom stereocenters. The van der Waals surface area contributed by atoms with Crippen LogP contribution >= 0.6 is 0 Å². The van der Waals surface area contributed by atoms with Crippen molar-refractivity contribution in [2.45, 2.75) is 0 Å². The molecule has 2 aromatic heterocycles. The van der Waals surface area contributed by atoms with Gasteiger partial charge in [-0.15, -0.1) is 0 Å². The van der Waals surface area contributed by atoms with E-state index in [0.717, 1.165) is 49.4 Å². The van der Waals surface area contributed by atoms with Crippen LogP contribution in [0.25, 0.3) is 120 Å².